The van der Waals surface area contributed by atoms with E-state index in [9.17, 15) is 21.6 Å². The monoisotopic (exact) mass is 374 g/mol. The maximum absolute atomic E-state index is 12.9. The Bertz CT molecular complexity index is 879. The average Bonchev–Trinajstić information content (AvgIpc) is 2.86. The minimum absolute atomic E-state index is 0.00167. The first-order valence-corrected chi connectivity index (χ1v) is 10.8. The van der Waals surface area contributed by atoms with Crippen LogP contribution >= 0.6 is 0 Å². The Morgan fingerprint density at radius 1 is 1.38 bits per heavy atom. The molecule has 1 amide bonds. The summed E-state index contributed by atoms with van der Waals surface area (Å²) in [5, 5.41) is 2.57. The molecule has 3 rings (SSSR count). The Morgan fingerprint density at radius 2 is 2.12 bits per heavy atom. The number of sulfone groups is 1. The number of anilines is 1. The number of carbonyl (C=O) groups is 1. The lowest BCUT2D eigenvalue weighted by atomic mass is 10.2. The molecule has 0 saturated carbocycles. The number of carbonyl (C=O) groups excluding carboxylic acids is 1. The number of sulfonamides is 1. The highest BCUT2D eigenvalue weighted by molar-refractivity contribution is 7.92. The van der Waals surface area contributed by atoms with Crippen molar-refractivity contribution in [3.8, 4) is 5.75 Å². The van der Waals surface area contributed by atoms with Crippen LogP contribution in [0.1, 0.15) is 13.3 Å². The molecular weight excluding hydrogens is 356 g/mol. The van der Waals surface area contributed by atoms with E-state index in [4.69, 9.17) is 4.74 Å². The van der Waals surface area contributed by atoms with Crippen LogP contribution in [0.4, 0.5) is 5.69 Å². The van der Waals surface area contributed by atoms with E-state index in [0.29, 0.717) is 17.9 Å². The molecule has 8 nitrogen and oxygen atoms in total. The molecule has 2 heterocycles. The van der Waals surface area contributed by atoms with Crippen molar-refractivity contribution in [2.75, 3.05) is 30.0 Å². The van der Waals surface area contributed by atoms with Crippen molar-refractivity contribution in [3.63, 3.8) is 0 Å². The predicted molar refractivity (Wildman–Crippen MR) is 87.2 cm³/mol. The summed E-state index contributed by atoms with van der Waals surface area (Å²) in [6.07, 6.45) is 0.292. The van der Waals surface area contributed by atoms with Crippen molar-refractivity contribution in [1.82, 2.24) is 4.31 Å². The van der Waals surface area contributed by atoms with Gasteiger partial charge in [0.1, 0.15) is 5.75 Å². The number of rotatable bonds is 4. The average molecular weight is 374 g/mol. The Morgan fingerprint density at radius 3 is 2.75 bits per heavy atom. The fourth-order valence-corrected chi connectivity index (χ4v) is 6.50. The zero-order valence-corrected chi connectivity index (χ0v) is 14.7. The van der Waals surface area contributed by atoms with E-state index in [1.165, 1.54) is 22.5 Å². The van der Waals surface area contributed by atoms with Crippen LogP contribution in [0, 0.1) is 0 Å². The number of benzene rings is 1. The van der Waals surface area contributed by atoms with E-state index in [-0.39, 0.29) is 35.5 Å². The number of nitrogens with one attached hydrogen (secondary N) is 1. The maximum Gasteiger partial charge on any atom is 0.262 e. The van der Waals surface area contributed by atoms with Gasteiger partial charge in [0.05, 0.1) is 22.1 Å². The summed E-state index contributed by atoms with van der Waals surface area (Å²) in [7, 11) is -7.07. The second-order valence-electron chi connectivity index (χ2n) is 5.76. The van der Waals surface area contributed by atoms with Crippen LogP contribution in [0.2, 0.25) is 0 Å². The smallest absolute Gasteiger partial charge is 0.262 e. The number of fused-ring (bicyclic) bond motifs is 1. The summed E-state index contributed by atoms with van der Waals surface area (Å²) in [5.41, 5.74) is 0.294. The van der Waals surface area contributed by atoms with E-state index >= 15 is 0 Å². The second kappa shape index (κ2) is 6.01. The topological polar surface area (TPSA) is 110 Å². The van der Waals surface area contributed by atoms with E-state index < -0.39 is 25.9 Å². The minimum Gasteiger partial charge on any atom is -0.482 e. The maximum atomic E-state index is 12.9. The molecule has 0 radical (unpaired) electrons. The van der Waals surface area contributed by atoms with Gasteiger partial charge in [-0.05, 0) is 24.6 Å². The summed E-state index contributed by atoms with van der Waals surface area (Å²) in [6.45, 7) is 1.73. The molecule has 0 unspecified atom stereocenters. The largest absolute Gasteiger partial charge is 0.482 e. The van der Waals surface area contributed by atoms with Crippen LogP contribution in [-0.4, -0.2) is 57.7 Å². The highest BCUT2D eigenvalue weighted by Gasteiger charge is 2.38. The van der Waals surface area contributed by atoms with Gasteiger partial charge in [-0.2, -0.15) is 4.31 Å². The summed E-state index contributed by atoms with van der Waals surface area (Å²) in [5.74, 6) is -0.117. The first-order chi connectivity index (χ1) is 11.2. The van der Waals surface area contributed by atoms with Crippen LogP contribution in [0.3, 0.4) is 0 Å². The van der Waals surface area contributed by atoms with Crippen molar-refractivity contribution in [1.29, 1.82) is 0 Å². The molecule has 24 heavy (non-hydrogen) atoms. The van der Waals surface area contributed by atoms with Crippen LogP contribution in [-0.2, 0) is 24.7 Å². The summed E-state index contributed by atoms with van der Waals surface area (Å²) >= 11 is 0. The fraction of sp³-hybridized carbons (Fsp3) is 0.500. The highest BCUT2D eigenvalue weighted by atomic mass is 32.2. The molecule has 132 valence electrons. The highest BCUT2D eigenvalue weighted by Crippen LogP contribution is 2.32. The minimum atomic E-state index is -3.87. The third-order valence-electron chi connectivity index (χ3n) is 4.12. The summed E-state index contributed by atoms with van der Waals surface area (Å²) in [4.78, 5) is 11.4. The van der Waals surface area contributed by atoms with Gasteiger partial charge in [-0.15, -0.1) is 0 Å². The lowest BCUT2D eigenvalue weighted by Gasteiger charge is -2.26. The van der Waals surface area contributed by atoms with Gasteiger partial charge in [0.15, 0.2) is 16.4 Å². The van der Waals surface area contributed by atoms with E-state index in [0.717, 1.165) is 0 Å². The first-order valence-electron chi connectivity index (χ1n) is 7.52. The van der Waals surface area contributed by atoms with Gasteiger partial charge < -0.3 is 10.1 Å². The van der Waals surface area contributed by atoms with Gasteiger partial charge in [-0.3, -0.25) is 4.79 Å². The number of hydrogen-bond donors (Lipinski definition) is 1. The van der Waals surface area contributed by atoms with Gasteiger partial charge in [-0.1, -0.05) is 6.92 Å². The molecule has 0 spiro atoms. The number of amides is 1. The third kappa shape index (κ3) is 3.13. The van der Waals surface area contributed by atoms with E-state index in [2.05, 4.69) is 5.32 Å². The third-order valence-corrected chi connectivity index (χ3v) is 7.89. The van der Waals surface area contributed by atoms with Crippen molar-refractivity contribution in [3.05, 3.63) is 18.2 Å². The Labute approximate surface area is 140 Å². The molecule has 2 aliphatic heterocycles. The predicted octanol–water partition coefficient (Wildman–Crippen LogP) is 0.215. The molecule has 1 saturated heterocycles. The van der Waals surface area contributed by atoms with E-state index in [1.807, 2.05) is 0 Å². The van der Waals surface area contributed by atoms with Crippen molar-refractivity contribution in [2.45, 2.75) is 24.3 Å². The Kier molecular flexibility index (Phi) is 4.30. The molecule has 0 aliphatic carbocycles. The number of hydrogen-bond acceptors (Lipinski definition) is 6. The molecular formula is C14H18N2O6S2. The lowest BCUT2D eigenvalue weighted by molar-refractivity contribution is -0.118. The lowest BCUT2D eigenvalue weighted by Crippen LogP contribution is -2.41. The molecule has 1 N–H and O–H groups in total. The molecule has 1 aromatic carbocycles. The zero-order chi connectivity index (χ0) is 17.5. The van der Waals surface area contributed by atoms with Crippen molar-refractivity contribution in [2.24, 2.45) is 0 Å². The molecule has 1 fully saturated rings. The van der Waals surface area contributed by atoms with Gasteiger partial charge in [-0.25, -0.2) is 16.8 Å². The van der Waals surface area contributed by atoms with Crippen LogP contribution < -0.4 is 10.1 Å². The standard InChI is InChI=1S/C14H18N2O6S2/c1-2-16(10-5-6-23(18,19)9-10)24(20,21)11-3-4-13-12(7-11)15-14(17)8-22-13/h3-4,7,10H,2,5-6,8-9H2,1H3,(H,15,17)/t10-/m1/s1. The zero-order valence-electron chi connectivity index (χ0n) is 13.1. The SMILES string of the molecule is CCN([C@@H]1CCS(=O)(=O)C1)S(=O)(=O)c1ccc2c(c1)NC(=O)CO2. The van der Waals surface area contributed by atoms with E-state index in [1.54, 1.807) is 6.92 Å². The normalized spacial score (nSPS) is 22.8. The summed E-state index contributed by atoms with van der Waals surface area (Å²) in [6, 6.07) is 3.67. The van der Waals surface area contributed by atoms with Gasteiger partial charge >= 0.3 is 0 Å². The Balaban J connectivity index is 1.94. The number of ether oxygens (including phenoxy) is 1. The van der Waals surface area contributed by atoms with Crippen molar-refractivity contribution >= 4 is 31.5 Å². The fourth-order valence-electron chi connectivity index (χ4n) is 2.98. The van der Waals surface area contributed by atoms with Gasteiger partial charge in [0.25, 0.3) is 5.91 Å². The van der Waals surface area contributed by atoms with Gasteiger partial charge in [0, 0.05) is 12.6 Å². The molecule has 2 aliphatic rings. The second-order valence-corrected chi connectivity index (χ2v) is 9.88. The van der Waals surface area contributed by atoms with Gasteiger partial charge in [0.2, 0.25) is 10.0 Å². The molecule has 0 aromatic heterocycles. The van der Waals surface area contributed by atoms with Crippen LogP contribution in [0.25, 0.3) is 0 Å². The van der Waals surface area contributed by atoms with Crippen molar-refractivity contribution < 1.29 is 26.4 Å². The van der Waals surface area contributed by atoms with Crippen LogP contribution in [0.5, 0.6) is 5.75 Å². The summed E-state index contributed by atoms with van der Waals surface area (Å²) < 4.78 is 55.6. The molecule has 1 aromatic rings. The number of nitrogens with zero attached hydrogens (tertiary/aromatic N) is 1. The molecule has 1 atom stereocenters. The first kappa shape index (κ1) is 17.2. The van der Waals surface area contributed by atoms with Crippen LogP contribution in [0.15, 0.2) is 23.1 Å². The molecule has 10 heteroatoms. The molecule has 0 bridgehead atoms. The Hall–Kier alpha value is -1.65. The quantitative estimate of drug-likeness (QED) is 0.807.